The molecule has 6 nitrogen and oxygen atoms in total. The van der Waals surface area contributed by atoms with Crippen molar-refractivity contribution in [2.75, 3.05) is 13.1 Å². The average Bonchev–Trinajstić information content (AvgIpc) is 3.17. The lowest BCUT2D eigenvalue weighted by Gasteiger charge is -2.34. The fourth-order valence-corrected chi connectivity index (χ4v) is 5.36. The normalized spacial score (nSPS) is 25.0. The molecule has 3 aromatic heterocycles. The molecule has 1 amide bonds. The summed E-state index contributed by atoms with van der Waals surface area (Å²) in [4.78, 5) is 24.5. The van der Waals surface area contributed by atoms with Crippen LogP contribution in [0.2, 0.25) is 0 Å². The summed E-state index contributed by atoms with van der Waals surface area (Å²) in [6.45, 7) is 6.75. The van der Waals surface area contributed by atoms with Gasteiger partial charge in [-0.1, -0.05) is 18.6 Å². The molecule has 156 valence electrons. The van der Waals surface area contributed by atoms with Crippen LogP contribution in [0.4, 0.5) is 0 Å². The molecule has 6 heteroatoms. The van der Waals surface area contributed by atoms with Crippen molar-refractivity contribution in [3.8, 4) is 0 Å². The number of nitrogens with zero attached hydrogens (tertiary/aromatic N) is 4. The molecule has 0 aromatic carbocycles. The summed E-state index contributed by atoms with van der Waals surface area (Å²) < 4.78 is 2.22. The van der Waals surface area contributed by atoms with E-state index in [1.54, 1.807) is 0 Å². The molecule has 2 aliphatic heterocycles. The van der Waals surface area contributed by atoms with Crippen LogP contribution >= 0.6 is 0 Å². The summed E-state index contributed by atoms with van der Waals surface area (Å²) in [5.74, 6) is 0.374. The first-order valence-electron chi connectivity index (χ1n) is 10.9. The minimum Gasteiger partial charge on any atom is -0.349 e. The van der Waals surface area contributed by atoms with E-state index in [2.05, 4.69) is 63.9 Å². The SMILES string of the molecule is Cc1nc2c(C)cccn2c1CN1C[C@@H](c2ccccn2)[C@@]2(CCCCC(=O)N2)C1. The molecule has 0 unspecified atom stereocenters. The van der Waals surface area contributed by atoms with Crippen molar-refractivity contribution < 1.29 is 4.79 Å². The van der Waals surface area contributed by atoms with Gasteiger partial charge in [0.05, 0.1) is 16.9 Å². The summed E-state index contributed by atoms with van der Waals surface area (Å²) in [7, 11) is 0. The Bertz CT molecular complexity index is 1080. The minimum absolute atomic E-state index is 0.178. The number of carbonyl (C=O) groups is 1. The highest BCUT2D eigenvalue weighted by atomic mass is 16.1. The van der Waals surface area contributed by atoms with Crippen molar-refractivity contribution in [3.05, 3.63) is 65.4 Å². The van der Waals surface area contributed by atoms with Gasteiger partial charge in [0.2, 0.25) is 5.91 Å². The molecule has 0 aliphatic carbocycles. The summed E-state index contributed by atoms with van der Waals surface area (Å²) in [6, 6.07) is 10.3. The number of imidazole rings is 1. The maximum absolute atomic E-state index is 12.5. The third-order valence-electron chi connectivity index (χ3n) is 6.84. The van der Waals surface area contributed by atoms with Gasteiger partial charge in [0.25, 0.3) is 0 Å². The van der Waals surface area contributed by atoms with Crippen molar-refractivity contribution in [3.63, 3.8) is 0 Å². The van der Waals surface area contributed by atoms with Crippen molar-refractivity contribution >= 4 is 11.6 Å². The molecule has 0 bridgehead atoms. The number of rotatable bonds is 3. The number of aromatic nitrogens is 3. The number of nitrogens with one attached hydrogen (secondary N) is 1. The summed E-state index contributed by atoms with van der Waals surface area (Å²) >= 11 is 0. The van der Waals surface area contributed by atoms with Gasteiger partial charge in [-0.3, -0.25) is 14.7 Å². The molecule has 30 heavy (non-hydrogen) atoms. The molecule has 1 N–H and O–H groups in total. The van der Waals surface area contributed by atoms with Gasteiger partial charge in [0.1, 0.15) is 5.65 Å². The second kappa shape index (κ2) is 7.51. The zero-order valence-corrected chi connectivity index (χ0v) is 17.8. The van der Waals surface area contributed by atoms with Crippen LogP contribution in [0.5, 0.6) is 0 Å². The van der Waals surface area contributed by atoms with E-state index in [0.717, 1.165) is 55.9 Å². The number of aryl methyl sites for hydroxylation is 2. The van der Waals surface area contributed by atoms with Crippen LogP contribution < -0.4 is 5.32 Å². The summed E-state index contributed by atoms with van der Waals surface area (Å²) in [5, 5.41) is 3.43. The Morgan fingerprint density at radius 2 is 2.10 bits per heavy atom. The first-order chi connectivity index (χ1) is 14.6. The van der Waals surface area contributed by atoms with Gasteiger partial charge < -0.3 is 9.72 Å². The zero-order valence-electron chi connectivity index (χ0n) is 17.8. The Kier molecular flexibility index (Phi) is 4.82. The Morgan fingerprint density at radius 3 is 2.93 bits per heavy atom. The quantitative estimate of drug-likeness (QED) is 0.728. The molecule has 0 radical (unpaired) electrons. The van der Waals surface area contributed by atoms with Gasteiger partial charge in [-0.05, 0) is 50.5 Å². The van der Waals surface area contributed by atoms with Crippen LogP contribution in [0, 0.1) is 13.8 Å². The van der Waals surface area contributed by atoms with Crippen molar-refractivity contribution in [2.45, 2.75) is 57.5 Å². The van der Waals surface area contributed by atoms with E-state index in [9.17, 15) is 4.79 Å². The van der Waals surface area contributed by atoms with Crippen molar-refractivity contribution in [2.24, 2.45) is 0 Å². The number of pyridine rings is 2. The van der Waals surface area contributed by atoms with Gasteiger partial charge >= 0.3 is 0 Å². The van der Waals surface area contributed by atoms with E-state index >= 15 is 0 Å². The monoisotopic (exact) mass is 403 g/mol. The van der Waals surface area contributed by atoms with E-state index in [1.165, 1.54) is 11.3 Å². The van der Waals surface area contributed by atoms with Gasteiger partial charge in [0.15, 0.2) is 0 Å². The maximum Gasteiger partial charge on any atom is 0.220 e. The van der Waals surface area contributed by atoms with Crippen molar-refractivity contribution in [1.29, 1.82) is 0 Å². The topological polar surface area (TPSA) is 62.5 Å². The van der Waals surface area contributed by atoms with Crippen molar-refractivity contribution in [1.82, 2.24) is 24.6 Å². The standard InChI is InChI=1S/C24H29N5O/c1-17-8-7-13-29-21(18(2)26-23(17)29)15-28-14-19(20-9-4-6-12-25-20)24(16-28)11-5-3-10-22(30)27-24/h4,6-9,12-13,19H,3,5,10-11,14-16H2,1-2H3,(H,27,30)/t19-,24+/m0/s1. The zero-order chi connectivity index (χ0) is 20.7. The summed E-state index contributed by atoms with van der Waals surface area (Å²) in [6.07, 6.45) is 7.64. The van der Waals surface area contributed by atoms with Gasteiger partial charge in [-0.2, -0.15) is 0 Å². The average molecular weight is 404 g/mol. The van der Waals surface area contributed by atoms with E-state index in [-0.39, 0.29) is 17.4 Å². The minimum atomic E-state index is -0.244. The van der Waals surface area contributed by atoms with E-state index < -0.39 is 0 Å². The summed E-state index contributed by atoms with van der Waals surface area (Å²) in [5.41, 5.74) is 5.35. The lowest BCUT2D eigenvalue weighted by molar-refractivity contribution is -0.122. The van der Waals surface area contributed by atoms with Gasteiger partial charge in [0, 0.05) is 50.1 Å². The molecule has 1 spiro atoms. The predicted molar refractivity (Wildman–Crippen MR) is 116 cm³/mol. The molecule has 0 saturated carbocycles. The van der Waals surface area contributed by atoms with Crippen LogP contribution in [-0.4, -0.2) is 43.8 Å². The molecule has 5 heterocycles. The fraction of sp³-hybridized carbons (Fsp3) is 0.458. The molecular formula is C24H29N5O. The molecule has 3 aromatic rings. The maximum atomic E-state index is 12.5. The second-order valence-corrected chi connectivity index (χ2v) is 8.92. The highest BCUT2D eigenvalue weighted by Crippen LogP contribution is 2.40. The molecular weight excluding hydrogens is 374 g/mol. The molecule has 2 atom stereocenters. The number of amides is 1. The fourth-order valence-electron chi connectivity index (χ4n) is 5.36. The third-order valence-corrected chi connectivity index (χ3v) is 6.84. The highest BCUT2D eigenvalue weighted by Gasteiger charge is 2.49. The molecule has 2 fully saturated rings. The number of hydrogen-bond donors (Lipinski definition) is 1. The second-order valence-electron chi connectivity index (χ2n) is 8.92. The Labute approximate surface area is 177 Å². The lowest BCUT2D eigenvalue weighted by atomic mass is 9.81. The van der Waals surface area contributed by atoms with E-state index in [4.69, 9.17) is 4.98 Å². The lowest BCUT2D eigenvalue weighted by Crippen LogP contribution is -2.52. The Balaban J connectivity index is 1.50. The number of likely N-dealkylation sites (tertiary alicyclic amines) is 1. The largest absolute Gasteiger partial charge is 0.349 e. The Hall–Kier alpha value is -2.73. The van der Waals surface area contributed by atoms with Gasteiger partial charge in [-0.15, -0.1) is 0 Å². The molecule has 2 aliphatic rings. The number of hydrogen-bond acceptors (Lipinski definition) is 4. The van der Waals surface area contributed by atoms with E-state index in [1.807, 2.05) is 12.3 Å². The first-order valence-corrected chi connectivity index (χ1v) is 10.9. The van der Waals surface area contributed by atoms with Crippen LogP contribution in [-0.2, 0) is 11.3 Å². The Morgan fingerprint density at radius 1 is 1.20 bits per heavy atom. The van der Waals surface area contributed by atoms with Crippen LogP contribution in [0.1, 0.15) is 54.2 Å². The number of fused-ring (bicyclic) bond motifs is 1. The van der Waals surface area contributed by atoms with Gasteiger partial charge in [-0.25, -0.2) is 4.98 Å². The van der Waals surface area contributed by atoms with Crippen LogP contribution in [0.15, 0.2) is 42.7 Å². The van der Waals surface area contributed by atoms with Crippen LogP contribution in [0.3, 0.4) is 0 Å². The van der Waals surface area contributed by atoms with Crippen LogP contribution in [0.25, 0.3) is 5.65 Å². The molecule has 5 rings (SSSR count). The highest BCUT2D eigenvalue weighted by molar-refractivity contribution is 5.77. The molecule has 2 saturated heterocycles. The first kappa shape index (κ1) is 19.2. The van der Waals surface area contributed by atoms with E-state index in [0.29, 0.717) is 6.42 Å². The smallest absolute Gasteiger partial charge is 0.220 e. The third kappa shape index (κ3) is 3.29. The predicted octanol–water partition coefficient (Wildman–Crippen LogP) is 3.37. The number of carbonyl (C=O) groups excluding carboxylic acids is 1.